The zero-order valence-electron chi connectivity index (χ0n) is 6.85. The van der Waals surface area contributed by atoms with Crippen molar-refractivity contribution < 1.29 is 0 Å². The van der Waals surface area contributed by atoms with Crippen LogP contribution in [-0.2, 0) is 0 Å². The monoisotopic (exact) mass is 151 g/mol. The summed E-state index contributed by atoms with van der Waals surface area (Å²) in [4.78, 5) is 0. The molecule has 0 aromatic heterocycles. The van der Waals surface area contributed by atoms with Crippen LogP contribution < -0.4 is 0 Å². The molecule has 0 atom stereocenters. The molecule has 0 aromatic rings. The highest BCUT2D eigenvalue weighted by Crippen LogP contribution is 2.18. The summed E-state index contributed by atoms with van der Waals surface area (Å²) in [6.07, 6.45) is 8.04. The van der Waals surface area contributed by atoms with Crippen LogP contribution in [0.25, 0.3) is 0 Å². The minimum atomic E-state index is -0.102. The Kier molecular flexibility index (Phi) is 2.94. The molecule has 0 aliphatic heterocycles. The van der Waals surface area contributed by atoms with Gasteiger partial charge in [0.1, 0.15) is 0 Å². The SMILES string of the molecule is CC[Si](CC)C1=CC=CC1. The average Bonchev–Trinajstić information content (AvgIpc) is 2.43. The lowest BCUT2D eigenvalue weighted by atomic mass is 10.5. The standard InChI is InChI=1S/C9H15Si/c1-3-10(4-2)9-7-5-6-8-9/h5-7H,3-4,8H2,1-2H3. The highest BCUT2D eigenvalue weighted by molar-refractivity contribution is 6.66. The molecular weight excluding hydrogens is 136 g/mol. The lowest BCUT2D eigenvalue weighted by Crippen LogP contribution is -2.11. The first-order valence-corrected chi connectivity index (χ1v) is 6.00. The minimum Gasteiger partial charge on any atom is -0.0809 e. The first-order valence-electron chi connectivity index (χ1n) is 4.09. The Labute approximate surface area is 65.3 Å². The van der Waals surface area contributed by atoms with Crippen LogP contribution in [0.3, 0.4) is 0 Å². The molecule has 1 aliphatic carbocycles. The Morgan fingerprint density at radius 2 is 2.10 bits per heavy atom. The van der Waals surface area contributed by atoms with Gasteiger partial charge in [-0.15, -0.1) is 0 Å². The Bertz CT molecular complexity index is 152. The van der Waals surface area contributed by atoms with Crippen molar-refractivity contribution in [2.45, 2.75) is 32.4 Å². The predicted octanol–water partition coefficient (Wildman–Crippen LogP) is 2.95. The van der Waals surface area contributed by atoms with Crippen molar-refractivity contribution in [1.82, 2.24) is 0 Å². The van der Waals surface area contributed by atoms with E-state index in [9.17, 15) is 0 Å². The molecule has 0 nitrogen and oxygen atoms in total. The summed E-state index contributed by atoms with van der Waals surface area (Å²) in [6, 6.07) is 2.80. The maximum atomic E-state index is 2.32. The molecule has 1 rings (SSSR count). The van der Waals surface area contributed by atoms with E-state index in [1.807, 2.05) is 0 Å². The molecule has 0 saturated heterocycles. The van der Waals surface area contributed by atoms with Gasteiger partial charge in [0, 0.05) is 0 Å². The number of hydrogen-bond donors (Lipinski definition) is 0. The Morgan fingerprint density at radius 3 is 2.50 bits per heavy atom. The van der Waals surface area contributed by atoms with Crippen molar-refractivity contribution in [2.24, 2.45) is 0 Å². The van der Waals surface area contributed by atoms with Gasteiger partial charge in [-0.05, 0) is 6.42 Å². The molecule has 0 amide bonds. The van der Waals surface area contributed by atoms with Crippen LogP contribution in [0, 0.1) is 0 Å². The second-order valence-corrected chi connectivity index (χ2v) is 5.90. The van der Waals surface area contributed by atoms with Gasteiger partial charge in [0.2, 0.25) is 0 Å². The van der Waals surface area contributed by atoms with Crippen LogP contribution >= 0.6 is 0 Å². The van der Waals surface area contributed by atoms with Gasteiger partial charge >= 0.3 is 0 Å². The third-order valence-electron chi connectivity index (χ3n) is 2.08. The predicted molar refractivity (Wildman–Crippen MR) is 48.6 cm³/mol. The Morgan fingerprint density at radius 1 is 1.40 bits per heavy atom. The van der Waals surface area contributed by atoms with E-state index in [1.54, 1.807) is 5.20 Å². The zero-order chi connectivity index (χ0) is 7.40. The molecule has 0 spiro atoms. The van der Waals surface area contributed by atoms with E-state index >= 15 is 0 Å². The summed E-state index contributed by atoms with van der Waals surface area (Å²) in [5.41, 5.74) is 0. The molecule has 0 saturated carbocycles. The van der Waals surface area contributed by atoms with Gasteiger partial charge in [-0.1, -0.05) is 49.4 Å². The average molecular weight is 151 g/mol. The van der Waals surface area contributed by atoms with E-state index in [0.717, 1.165) is 0 Å². The van der Waals surface area contributed by atoms with E-state index < -0.39 is 0 Å². The number of hydrogen-bond acceptors (Lipinski definition) is 0. The summed E-state index contributed by atoms with van der Waals surface area (Å²) in [6.45, 7) is 4.63. The van der Waals surface area contributed by atoms with Crippen LogP contribution in [0.2, 0.25) is 12.1 Å². The van der Waals surface area contributed by atoms with Crippen LogP contribution in [0.1, 0.15) is 20.3 Å². The van der Waals surface area contributed by atoms with Crippen molar-refractivity contribution in [3.05, 3.63) is 23.4 Å². The smallest absolute Gasteiger partial charge is 0.0800 e. The van der Waals surface area contributed by atoms with E-state index in [0.29, 0.717) is 0 Å². The van der Waals surface area contributed by atoms with Crippen LogP contribution in [0.15, 0.2) is 23.4 Å². The summed E-state index contributed by atoms with van der Waals surface area (Å²) in [5, 5.41) is 1.73. The van der Waals surface area contributed by atoms with Gasteiger partial charge < -0.3 is 0 Å². The number of rotatable bonds is 3. The summed E-state index contributed by atoms with van der Waals surface area (Å²) < 4.78 is 0. The quantitative estimate of drug-likeness (QED) is 0.544. The van der Waals surface area contributed by atoms with E-state index in [4.69, 9.17) is 0 Å². The molecule has 0 unspecified atom stereocenters. The third-order valence-corrected chi connectivity index (χ3v) is 5.07. The summed E-state index contributed by atoms with van der Waals surface area (Å²) in [5.74, 6) is 0. The normalized spacial score (nSPS) is 16.5. The fourth-order valence-electron chi connectivity index (χ4n) is 1.41. The Hall–Kier alpha value is -0.303. The first kappa shape index (κ1) is 7.80. The van der Waals surface area contributed by atoms with Gasteiger partial charge in [0.05, 0.1) is 8.80 Å². The molecule has 0 bridgehead atoms. The first-order chi connectivity index (χ1) is 4.88. The molecule has 0 N–H and O–H groups in total. The highest BCUT2D eigenvalue weighted by atomic mass is 28.3. The van der Waals surface area contributed by atoms with E-state index in [1.165, 1.54) is 18.5 Å². The van der Waals surface area contributed by atoms with Crippen molar-refractivity contribution >= 4 is 8.80 Å². The molecule has 1 heteroatoms. The summed E-state index contributed by atoms with van der Waals surface area (Å²) in [7, 11) is -0.102. The molecule has 0 fully saturated rings. The molecule has 1 aliphatic rings. The summed E-state index contributed by atoms with van der Waals surface area (Å²) >= 11 is 0. The molecule has 0 aromatic carbocycles. The van der Waals surface area contributed by atoms with Gasteiger partial charge in [0.25, 0.3) is 0 Å². The van der Waals surface area contributed by atoms with E-state index in [2.05, 4.69) is 32.1 Å². The zero-order valence-corrected chi connectivity index (χ0v) is 7.85. The molecule has 10 heavy (non-hydrogen) atoms. The van der Waals surface area contributed by atoms with Crippen molar-refractivity contribution in [1.29, 1.82) is 0 Å². The minimum absolute atomic E-state index is 0.102. The van der Waals surface area contributed by atoms with Crippen LogP contribution in [0.4, 0.5) is 0 Å². The number of allylic oxidation sites excluding steroid dienone is 4. The van der Waals surface area contributed by atoms with Gasteiger partial charge in [-0.25, -0.2) is 0 Å². The topological polar surface area (TPSA) is 0 Å². The van der Waals surface area contributed by atoms with Gasteiger partial charge in [-0.3, -0.25) is 0 Å². The fourth-order valence-corrected chi connectivity index (χ4v) is 3.56. The fraction of sp³-hybridized carbons (Fsp3) is 0.556. The Balaban J connectivity index is 2.47. The van der Waals surface area contributed by atoms with Gasteiger partial charge in [0.15, 0.2) is 0 Å². The maximum Gasteiger partial charge on any atom is 0.0800 e. The van der Waals surface area contributed by atoms with Crippen LogP contribution in [-0.4, -0.2) is 8.80 Å². The lowest BCUT2D eigenvalue weighted by molar-refractivity contribution is 1.26. The van der Waals surface area contributed by atoms with Crippen LogP contribution in [0.5, 0.6) is 0 Å². The van der Waals surface area contributed by atoms with Gasteiger partial charge in [-0.2, -0.15) is 0 Å². The second-order valence-electron chi connectivity index (χ2n) is 2.63. The van der Waals surface area contributed by atoms with E-state index in [-0.39, 0.29) is 8.80 Å². The lowest BCUT2D eigenvalue weighted by Gasteiger charge is -2.10. The molecule has 0 heterocycles. The molecule has 1 radical (unpaired) electrons. The third kappa shape index (κ3) is 1.60. The highest BCUT2D eigenvalue weighted by Gasteiger charge is 2.11. The second kappa shape index (κ2) is 3.77. The van der Waals surface area contributed by atoms with Crippen molar-refractivity contribution in [3.8, 4) is 0 Å². The largest absolute Gasteiger partial charge is 0.0809 e. The van der Waals surface area contributed by atoms with Crippen molar-refractivity contribution in [3.63, 3.8) is 0 Å². The maximum absolute atomic E-state index is 2.32. The van der Waals surface area contributed by atoms with Crippen molar-refractivity contribution in [2.75, 3.05) is 0 Å². The molecule has 55 valence electrons. The molecular formula is C9H15Si.